The molecule has 0 radical (unpaired) electrons. The van der Waals surface area contributed by atoms with Gasteiger partial charge in [0, 0.05) is 18.9 Å². The number of hydrogen-bond acceptors (Lipinski definition) is 2. The summed E-state index contributed by atoms with van der Waals surface area (Å²) in [5.74, 6) is 0.313. The number of aryl methyl sites for hydroxylation is 2. The molecule has 3 nitrogen and oxygen atoms in total. The molecule has 0 bridgehead atoms. The Labute approximate surface area is 82.6 Å². The van der Waals surface area contributed by atoms with Crippen LogP contribution in [0.5, 0.6) is 5.75 Å². The van der Waals surface area contributed by atoms with E-state index in [0.29, 0.717) is 5.75 Å². The van der Waals surface area contributed by atoms with E-state index < -0.39 is 0 Å². The zero-order valence-electron chi connectivity index (χ0n) is 7.80. The highest BCUT2D eigenvalue weighted by molar-refractivity contribution is 5.25. The van der Waals surface area contributed by atoms with Crippen molar-refractivity contribution in [3.05, 3.63) is 48.3 Å². The van der Waals surface area contributed by atoms with E-state index in [1.54, 1.807) is 18.3 Å². The summed E-state index contributed by atoms with van der Waals surface area (Å²) in [5, 5.41) is 13.2. The molecule has 3 heteroatoms. The van der Waals surface area contributed by atoms with Gasteiger partial charge in [-0.1, -0.05) is 12.1 Å². The van der Waals surface area contributed by atoms with Crippen molar-refractivity contribution in [2.24, 2.45) is 0 Å². The molecule has 0 saturated heterocycles. The second kappa shape index (κ2) is 3.96. The summed E-state index contributed by atoms with van der Waals surface area (Å²) < 4.78 is 1.90. The number of hydrogen-bond donors (Lipinski definition) is 1. The lowest BCUT2D eigenvalue weighted by Gasteiger charge is -2.01. The first-order valence-corrected chi connectivity index (χ1v) is 4.60. The normalized spacial score (nSPS) is 10.3. The van der Waals surface area contributed by atoms with Gasteiger partial charge in [0.1, 0.15) is 5.75 Å². The molecule has 0 aliphatic heterocycles. The van der Waals surface area contributed by atoms with Crippen LogP contribution in [0.2, 0.25) is 0 Å². The predicted octanol–water partition coefficient (Wildman–Crippen LogP) is 1.83. The van der Waals surface area contributed by atoms with Gasteiger partial charge in [0.15, 0.2) is 0 Å². The van der Waals surface area contributed by atoms with Gasteiger partial charge < -0.3 is 5.11 Å². The maximum absolute atomic E-state index is 9.09. The Morgan fingerprint density at radius 1 is 1.21 bits per heavy atom. The fraction of sp³-hybridized carbons (Fsp3) is 0.182. The molecule has 2 rings (SSSR count). The molecular weight excluding hydrogens is 176 g/mol. The highest BCUT2D eigenvalue weighted by Crippen LogP contribution is 2.10. The number of benzene rings is 1. The van der Waals surface area contributed by atoms with E-state index in [0.717, 1.165) is 13.0 Å². The van der Waals surface area contributed by atoms with Gasteiger partial charge in [0.2, 0.25) is 0 Å². The van der Waals surface area contributed by atoms with Crippen molar-refractivity contribution in [3.63, 3.8) is 0 Å². The molecule has 1 heterocycles. The maximum Gasteiger partial charge on any atom is 0.115 e. The van der Waals surface area contributed by atoms with Crippen LogP contribution in [0.4, 0.5) is 0 Å². The minimum absolute atomic E-state index is 0.313. The molecule has 0 fully saturated rings. The number of nitrogens with zero attached hydrogens (tertiary/aromatic N) is 2. The van der Waals surface area contributed by atoms with Gasteiger partial charge in [0.05, 0.1) is 0 Å². The van der Waals surface area contributed by atoms with Crippen LogP contribution in [0, 0.1) is 0 Å². The first-order chi connectivity index (χ1) is 6.84. The number of aromatic hydroxyl groups is 1. The summed E-state index contributed by atoms with van der Waals surface area (Å²) in [6, 6.07) is 9.19. The topological polar surface area (TPSA) is 38.0 Å². The zero-order chi connectivity index (χ0) is 9.80. The number of aromatic nitrogens is 2. The Morgan fingerprint density at radius 2 is 2.00 bits per heavy atom. The monoisotopic (exact) mass is 188 g/mol. The predicted molar refractivity (Wildman–Crippen MR) is 54.0 cm³/mol. The SMILES string of the molecule is Oc1ccc(CCn2cccn2)cc1. The molecule has 0 atom stereocenters. The Bertz CT molecular complexity index is 378. The summed E-state index contributed by atoms with van der Waals surface area (Å²) in [6.07, 6.45) is 4.65. The fourth-order valence-corrected chi connectivity index (χ4v) is 1.34. The minimum Gasteiger partial charge on any atom is -0.508 e. The highest BCUT2D eigenvalue weighted by atomic mass is 16.3. The molecule has 0 saturated carbocycles. The van der Waals surface area contributed by atoms with Crippen molar-refractivity contribution >= 4 is 0 Å². The molecule has 0 spiro atoms. The lowest BCUT2D eigenvalue weighted by atomic mass is 10.1. The van der Waals surface area contributed by atoms with E-state index in [4.69, 9.17) is 5.11 Å². The summed E-state index contributed by atoms with van der Waals surface area (Å²) in [5.41, 5.74) is 1.21. The molecule has 72 valence electrons. The Morgan fingerprint density at radius 3 is 2.64 bits per heavy atom. The molecular formula is C11H12N2O. The van der Waals surface area contributed by atoms with Crippen molar-refractivity contribution in [1.82, 2.24) is 9.78 Å². The first kappa shape index (κ1) is 8.81. The van der Waals surface area contributed by atoms with Crippen LogP contribution in [0.3, 0.4) is 0 Å². The molecule has 0 unspecified atom stereocenters. The van der Waals surface area contributed by atoms with Crippen LogP contribution in [0.15, 0.2) is 42.7 Å². The first-order valence-electron chi connectivity index (χ1n) is 4.60. The van der Waals surface area contributed by atoms with Gasteiger partial charge in [-0.3, -0.25) is 4.68 Å². The van der Waals surface area contributed by atoms with Gasteiger partial charge >= 0.3 is 0 Å². The highest BCUT2D eigenvalue weighted by Gasteiger charge is 1.94. The van der Waals surface area contributed by atoms with Crippen LogP contribution < -0.4 is 0 Å². The lowest BCUT2D eigenvalue weighted by Crippen LogP contribution is -2.01. The summed E-state index contributed by atoms with van der Waals surface area (Å²) in [6.45, 7) is 0.873. The van der Waals surface area contributed by atoms with Gasteiger partial charge in [0.25, 0.3) is 0 Å². The zero-order valence-corrected chi connectivity index (χ0v) is 7.80. The van der Waals surface area contributed by atoms with Gasteiger partial charge in [-0.25, -0.2) is 0 Å². The molecule has 1 N–H and O–H groups in total. The standard InChI is InChI=1S/C11H12N2O/c14-11-4-2-10(3-5-11)6-9-13-8-1-7-12-13/h1-5,7-8,14H,6,9H2. The average Bonchev–Trinajstić information content (AvgIpc) is 2.70. The van der Waals surface area contributed by atoms with E-state index in [9.17, 15) is 0 Å². The van der Waals surface area contributed by atoms with E-state index in [-0.39, 0.29) is 0 Å². The third kappa shape index (κ3) is 2.13. The molecule has 14 heavy (non-hydrogen) atoms. The third-order valence-electron chi connectivity index (χ3n) is 2.13. The molecule has 1 aromatic carbocycles. The fourth-order valence-electron chi connectivity index (χ4n) is 1.34. The van der Waals surface area contributed by atoms with Crippen LogP contribution in [0.25, 0.3) is 0 Å². The van der Waals surface area contributed by atoms with Crippen LogP contribution in [0.1, 0.15) is 5.56 Å². The second-order valence-electron chi connectivity index (χ2n) is 3.19. The molecule has 2 aromatic rings. The lowest BCUT2D eigenvalue weighted by molar-refractivity contribution is 0.475. The van der Waals surface area contributed by atoms with E-state index in [1.165, 1.54) is 5.56 Å². The Hall–Kier alpha value is -1.77. The number of phenols is 1. The van der Waals surface area contributed by atoms with Crippen molar-refractivity contribution in [2.45, 2.75) is 13.0 Å². The van der Waals surface area contributed by atoms with Crippen LogP contribution in [-0.2, 0) is 13.0 Å². The maximum atomic E-state index is 9.09. The Kier molecular flexibility index (Phi) is 2.49. The Balaban J connectivity index is 1.95. The molecule has 0 aliphatic rings. The van der Waals surface area contributed by atoms with Crippen molar-refractivity contribution < 1.29 is 5.11 Å². The smallest absolute Gasteiger partial charge is 0.115 e. The third-order valence-corrected chi connectivity index (χ3v) is 2.13. The van der Waals surface area contributed by atoms with Crippen molar-refractivity contribution in [2.75, 3.05) is 0 Å². The number of phenolic OH excluding ortho intramolecular Hbond substituents is 1. The molecule has 0 amide bonds. The molecule has 1 aromatic heterocycles. The number of rotatable bonds is 3. The van der Waals surface area contributed by atoms with E-state index >= 15 is 0 Å². The minimum atomic E-state index is 0.313. The summed E-state index contributed by atoms with van der Waals surface area (Å²) >= 11 is 0. The second-order valence-corrected chi connectivity index (χ2v) is 3.19. The van der Waals surface area contributed by atoms with Gasteiger partial charge in [-0.2, -0.15) is 5.10 Å². The van der Waals surface area contributed by atoms with Gasteiger partial charge in [-0.15, -0.1) is 0 Å². The van der Waals surface area contributed by atoms with Crippen LogP contribution in [-0.4, -0.2) is 14.9 Å². The summed E-state index contributed by atoms with van der Waals surface area (Å²) in [7, 11) is 0. The van der Waals surface area contributed by atoms with Crippen molar-refractivity contribution in [1.29, 1.82) is 0 Å². The van der Waals surface area contributed by atoms with E-state index in [1.807, 2.05) is 29.1 Å². The van der Waals surface area contributed by atoms with Gasteiger partial charge in [-0.05, 0) is 30.2 Å². The average molecular weight is 188 g/mol. The quantitative estimate of drug-likeness (QED) is 0.798. The van der Waals surface area contributed by atoms with Crippen LogP contribution >= 0.6 is 0 Å². The molecule has 0 aliphatic carbocycles. The van der Waals surface area contributed by atoms with E-state index in [2.05, 4.69) is 5.10 Å². The largest absolute Gasteiger partial charge is 0.508 e. The summed E-state index contributed by atoms with van der Waals surface area (Å²) in [4.78, 5) is 0. The van der Waals surface area contributed by atoms with Crippen molar-refractivity contribution in [3.8, 4) is 5.75 Å².